The van der Waals surface area contributed by atoms with Crippen molar-refractivity contribution >= 4 is 42.9 Å². The molecular weight excluding hydrogens is 420 g/mol. The number of hydrogen-bond acceptors (Lipinski definition) is 3. The summed E-state index contributed by atoms with van der Waals surface area (Å²) in [5, 5.41) is 4.30. The standard InChI is InChI=1S/C30H22N2S/c31-32(24-16-18-30-28(20-24)26-13-7-8-14-29(26)33-30)23-15-17-25(21-9-3-1-4-10-21)27(19-23)22-11-5-2-6-12-22/h1-20H,31H2. The molecule has 0 saturated carbocycles. The highest BCUT2D eigenvalue weighted by Crippen LogP contribution is 2.39. The van der Waals surface area contributed by atoms with Gasteiger partial charge in [-0.2, -0.15) is 0 Å². The maximum Gasteiger partial charge on any atom is 0.0582 e. The number of hydrogen-bond donors (Lipinski definition) is 1. The number of thiophene rings is 1. The van der Waals surface area contributed by atoms with Crippen LogP contribution in [-0.2, 0) is 0 Å². The fourth-order valence-electron chi connectivity index (χ4n) is 4.42. The summed E-state index contributed by atoms with van der Waals surface area (Å²) in [5.74, 6) is 6.69. The lowest BCUT2D eigenvalue weighted by Crippen LogP contribution is -2.24. The van der Waals surface area contributed by atoms with Crippen molar-refractivity contribution in [3.05, 3.63) is 121 Å². The number of rotatable bonds is 4. The van der Waals surface area contributed by atoms with E-state index in [-0.39, 0.29) is 0 Å². The van der Waals surface area contributed by atoms with Gasteiger partial charge in [0.1, 0.15) is 0 Å². The molecule has 1 aromatic heterocycles. The van der Waals surface area contributed by atoms with E-state index in [1.54, 1.807) is 5.01 Å². The SMILES string of the molecule is NN(c1ccc(-c2ccccc2)c(-c2ccccc2)c1)c1ccc2sc3ccccc3c2c1. The van der Waals surface area contributed by atoms with Gasteiger partial charge in [0, 0.05) is 20.2 Å². The zero-order valence-electron chi connectivity index (χ0n) is 18.0. The van der Waals surface area contributed by atoms with E-state index in [2.05, 4.69) is 109 Å². The molecule has 6 aromatic rings. The van der Waals surface area contributed by atoms with Crippen LogP contribution in [0.5, 0.6) is 0 Å². The first-order chi connectivity index (χ1) is 16.3. The molecule has 6 rings (SSSR count). The highest BCUT2D eigenvalue weighted by atomic mass is 32.1. The van der Waals surface area contributed by atoms with Crippen LogP contribution in [0, 0.1) is 0 Å². The van der Waals surface area contributed by atoms with Gasteiger partial charge in [-0.05, 0) is 58.7 Å². The van der Waals surface area contributed by atoms with Gasteiger partial charge in [-0.3, -0.25) is 5.01 Å². The Kier molecular flexibility index (Phi) is 4.91. The Morgan fingerprint density at radius 3 is 1.82 bits per heavy atom. The molecule has 5 aromatic carbocycles. The Morgan fingerprint density at radius 2 is 1.06 bits per heavy atom. The van der Waals surface area contributed by atoms with Gasteiger partial charge in [-0.1, -0.05) is 84.9 Å². The second kappa shape index (κ2) is 8.21. The van der Waals surface area contributed by atoms with E-state index in [1.807, 2.05) is 23.5 Å². The van der Waals surface area contributed by atoms with Crippen molar-refractivity contribution < 1.29 is 0 Å². The van der Waals surface area contributed by atoms with Crippen molar-refractivity contribution in [2.24, 2.45) is 5.84 Å². The number of benzene rings is 5. The van der Waals surface area contributed by atoms with Crippen LogP contribution in [0.3, 0.4) is 0 Å². The number of fused-ring (bicyclic) bond motifs is 3. The maximum absolute atomic E-state index is 6.69. The molecule has 0 amide bonds. The fraction of sp³-hybridized carbons (Fsp3) is 0. The second-order valence-electron chi connectivity index (χ2n) is 8.11. The van der Waals surface area contributed by atoms with Crippen molar-refractivity contribution in [2.45, 2.75) is 0 Å². The van der Waals surface area contributed by atoms with Gasteiger partial charge < -0.3 is 0 Å². The molecule has 2 nitrogen and oxygen atoms in total. The number of hydrazine groups is 1. The van der Waals surface area contributed by atoms with Crippen LogP contribution in [0.2, 0.25) is 0 Å². The topological polar surface area (TPSA) is 29.3 Å². The Balaban J connectivity index is 1.47. The third-order valence-electron chi connectivity index (χ3n) is 6.09. The summed E-state index contributed by atoms with van der Waals surface area (Å²) < 4.78 is 2.57. The Bertz CT molecular complexity index is 1570. The summed E-state index contributed by atoms with van der Waals surface area (Å²) in [4.78, 5) is 0. The minimum absolute atomic E-state index is 0.951. The lowest BCUT2D eigenvalue weighted by Gasteiger charge is -2.21. The fourth-order valence-corrected chi connectivity index (χ4v) is 5.51. The van der Waals surface area contributed by atoms with Crippen LogP contribution < -0.4 is 10.9 Å². The van der Waals surface area contributed by atoms with E-state index in [1.165, 1.54) is 36.9 Å². The minimum atomic E-state index is 0.951. The van der Waals surface area contributed by atoms with Crippen molar-refractivity contribution in [3.63, 3.8) is 0 Å². The number of anilines is 2. The van der Waals surface area contributed by atoms with Crippen LogP contribution in [0.15, 0.2) is 121 Å². The molecule has 33 heavy (non-hydrogen) atoms. The van der Waals surface area contributed by atoms with E-state index in [4.69, 9.17) is 5.84 Å². The second-order valence-corrected chi connectivity index (χ2v) is 9.19. The first-order valence-corrected chi connectivity index (χ1v) is 11.8. The van der Waals surface area contributed by atoms with Crippen LogP contribution in [0.25, 0.3) is 42.4 Å². The lowest BCUT2D eigenvalue weighted by molar-refractivity contribution is 1.09. The van der Waals surface area contributed by atoms with Gasteiger partial charge in [-0.15, -0.1) is 11.3 Å². The van der Waals surface area contributed by atoms with Crippen molar-refractivity contribution in [2.75, 3.05) is 5.01 Å². The molecule has 0 aliphatic carbocycles. The molecule has 0 aliphatic rings. The molecule has 0 radical (unpaired) electrons. The Morgan fingerprint density at radius 1 is 0.485 bits per heavy atom. The average Bonchev–Trinajstić information content (AvgIpc) is 3.27. The highest BCUT2D eigenvalue weighted by Gasteiger charge is 2.13. The number of nitrogens with two attached hydrogens (primary N) is 1. The van der Waals surface area contributed by atoms with Gasteiger partial charge in [0.05, 0.1) is 11.4 Å². The molecule has 0 saturated heterocycles. The molecule has 3 heteroatoms. The first-order valence-electron chi connectivity index (χ1n) is 11.0. The van der Waals surface area contributed by atoms with Gasteiger partial charge in [-0.25, -0.2) is 5.84 Å². The molecule has 0 fully saturated rings. The molecule has 0 atom stereocenters. The first kappa shape index (κ1) is 19.7. The summed E-state index contributed by atoms with van der Waals surface area (Å²) in [6, 6.07) is 42.5. The van der Waals surface area contributed by atoms with Crippen molar-refractivity contribution in [1.29, 1.82) is 0 Å². The van der Waals surface area contributed by atoms with E-state index < -0.39 is 0 Å². The normalized spacial score (nSPS) is 11.2. The predicted octanol–water partition coefficient (Wildman–Crippen LogP) is 8.40. The molecule has 1 heterocycles. The molecule has 0 aliphatic heterocycles. The highest BCUT2D eigenvalue weighted by molar-refractivity contribution is 7.25. The quantitative estimate of drug-likeness (QED) is 0.219. The van der Waals surface area contributed by atoms with Crippen LogP contribution in [-0.4, -0.2) is 0 Å². The van der Waals surface area contributed by atoms with Crippen LogP contribution in [0.1, 0.15) is 0 Å². The average molecular weight is 443 g/mol. The molecule has 0 unspecified atom stereocenters. The Hall–Kier alpha value is -3.92. The summed E-state index contributed by atoms with van der Waals surface area (Å²) in [6.07, 6.45) is 0. The molecule has 0 bridgehead atoms. The molecular formula is C30H22N2S. The predicted molar refractivity (Wildman–Crippen MR) is 143 cm³/mol. The van der Waals surface area contributed by atoms with Gasteiger partial charge in [0.2, 0.25) is 0 Å². The van der Waals surface area contributed by atoms with Crippen molar-refractivity contribution in [1.82, 2.24) is 0 Å². The Labute approximate surface area is 197 Å². The van der Waals surface area contributed by atoms with Crippen LogP contribution >= 0.6 is 11.3 Å². The smallest absolute Gasteiger partial charge is 0.0582 e. The third kappa shape index (κ3) is 3.58. The van der Waals surface area contributed by atoms with Crippen LogP contribution in [0.4, 0.5) is 11.4 Å². The van der Waals surface area contributed by atoms with Crippen molar-refractivity contribution in [3.8, 4) is 22.3 Å². The van der Waals surface area contributed by atoms with E-state index in [0.29, 0.717) is 0 Å². The minimum Gasteiger partial charge on any atom is -0.280 e. The largest absolute Gasteiger partial charge is 0.280 e. The summed E-state index contributed by atoms with van der Waals surface area (Å²) >= 11 is 1.82. The van der Waals surface area contributed by atoms with E-state index >= 15 is 0 Å². The van der Waals surface area contributed by atoms with Gasteiger partial charge >= 0.3 is 0 Å². The van der Waals surface area contributed by atoms with Gasteiger partial charge in [0.25, 0.3) is 0 Å². The molecule has 0 spiro atoms. The summed E-state index contributed by atoms with van der Waals surface area (Å²) in [7, 11) is 0. The molecule has 158 valence electrons. The zero-order valence-corrected chi connectivity index (χ0v) is 18.8. The summed E-state index contributed by atoms with van der Waals surface area (Å²) in [6.45, 7) is 0. The van der Waals surface area contributed by atoms with E-state index in [9.17, 15) is 0 Å². The zero-order chi connectivity index (χ0) is 22.2. The van der Waals surface area contributed by atoms with Gasteiger partial charge in [0.15, 0.2) is 0 Å². The number of nitrogens with zero attached hydrogens (tertiary/aromatic N) is 1. The summed E-state index contributed by atoms with van der Waals surface area (Å²) in [5.41, 5.74) is 6.64. The maximum atomic E-state index is 6.69. The lowest BCUT2D eigenvalue weighted by atomic mass is 9.94. The molecule has 2 N–H and O–H groups in total. The van der Waals surface area contributed by atoms with E-state index in [0.717, 1.165) is 16.9 Å². The monoisotopic (exact) mass is 442 g/mol. The third-order valence-corrected chi connectivity index (χ3v) is 7.24.